The lowest BCUT2D eigenvalue weighted by Gasteiger charge is -2.12. The van der Waals surface area contributed by atoms with E-state index >= 15 is 0 Å². The fourth-order valence-corrected chi connectivity index (χ4v) is 1.69. The number of hydrogen-bond donors (Lipinski definition) is 1. The van der Waals surface area contributed by atoms with E-state index < -0.39 is 11.9 Å². The van der Waals surface area contributed by atoms with Crippen LogP contribution < -0.4 is 10.5 Å². The standard InChI is InChI=1S/C14H13NO4/c1-2-18-14(17)10-7-3-5-9-6-4-8-11(13(15)16)19-12(9)10/h3-8H,2H2,1H3,(H2,15,16). The Morgan fingerprint density at radius 3 is 2.84 bits per heavy atom. The summed E-state index contributed by atoms with van der Waals surface area (Å²) in [6, 6.07) is 5.06. The second kappa shape index (κ2) is 5.39. The number of fused-ring (bicyclic) bond motifs is 1. The number of ether oxygens (including phenoxy) is 2. The Hall–Kier alpha value is -2.56. The van der Waals surface area contributed by atoms with E-state index in [2.05, 4.69) is 0 Å². The van der Waals surface area contributed by atoms with Crippen LogP contribution >= 0.6 is 0 Å². The molecule has 2 N–H and O–H groups in total. The number of carbonyl (C=O) groups is 2. The molecule has 19 heavy (non-hydrogen) atoms. The molecule has 0 atom stereocenters. The maximum atomic E-state index is 11.8. The number of amides is 1. The van der Waals surface area contributed by atoms with Gasteiger partial charge in [0.05, 0.1) is 6.61 Å². The average molecular weight is 259 g/mol. The molecule has 0 aromatic heterocycles. The van der Waals surface area contributed by atoms with E-state index in [1.807, 2.05) is 0 Å². The molecule has 0 aliphatic carbocycles. The van der Waals surface area contributed by atoms with Gasteiger partial charge in [-0.15, -0.1) is 0 Å². The molecule has 1 heterocycles. The third kappa shape index (κ3) is 2.65. The second-order valence-electron chi connectivity index (χ2n) is 3.80. The van der Waals surface area contributed by atoms with E-state index in [0.717, 1.165) is 0 Å². The molecule has 0 bridgehead atoms. The van der Waals surface area contributed by atoms with Gasteiger partial charge in [-0.25, -0.2) is 4.79 Å². The fraction of sp³-hybridized carbons (Fsp3) is 0.143. The van der Waals surface area contributed by atoms with E-state index in [1.165, 1.54) is 6.08 Å². The summed E-state index contributed by atoms with van der Waals surface area (Å²) < 4.78 is 10.4. The summed E-state index contributed by atoms with van der Waals surface area (Å²) in [4.78, 5) is 23.0. The van der Waals surface area contributed by atoms with Crippen LogP contribution in [0.4, 0.5) is 0 Å². The normalized spacial score (nSPS) is 12.8. The van der Waals surface area contributed by atoms with Gasteiger partial charge in [0, 0.05) is 5.56 Å². The molecule has 5 heteroatoms. The molecule has 0 spiro atoms. The number of para-hydroxylation sites is 1. The van der Waals surface area contributed by atoms with Crippen molar-refractivity contribution in [2.24, 2.45) is 5.73 Å². The number of nitrogens with two attached hydrogens (primary N) is 1. The van der Waals surface area contributed by atoms with Gasteiger partial charge in [0.2, 0.25) is 0 Å². The summed E-state index contributed by atoms with van der Waals surface area (Å²) >= 11 is 0. The van der Waals surface area contributed by atoms with Crippen LogP contribution in [0.1, 0.15) is 22.8 Å². The van der Waals surface area contributed by atoms with Gasteiger partial charge in [-0.3, -0.25) is 4.79 Å². The first-order valence-electron chi connectivity index (χ1n) is 5.79. The van der Waals surface area contributed by atoms with Gasteiger partial charge < -0.3 is 15.2 Å². The van der Waals surface area contributed by atoms with Crippen LogP contribution in [0.2, 0.25) is 0 Å². The summed E-state index contributed by atoms with van der Waals surface area (Å²) in [5.41, 5.74) is 6.14. The van der Waals surface area contributed by atoms with Crippen LogP contribution in [0.25, 0.3) is 6.08 Å². The van der Waals surface area contributed by atoms with E-state index in [0.29, 0.717) is 5.56 Å². The Bertz CT molecular complexity index is 587. The summed E-state index contributed by atoms with van der Waals surface area (Å²) in [7, 11) is 0. The van der Waals surface area contributed by atoms with Gasteiger partial charge in [0.1, 0.15) is 11.3 Å². The van der Waals surface area contributed by atoms with Gasteiger partial charge in [-0.2, -0.15) is 0 Å². The molecule has 1 amide bonds. The largest absolute Gasteiger partial charge is 0.462 e. The van der Waals surface area contributed by atoms with Crippen LogP contribution in [0, 0.1) is 0 Å². The van der Waals surface area contributed by atoms with Gasteiger partial charge >= 0.3 is 5.97 Å². The fourth-order valence-electron chi connectivity index (χ4n) is 1.69. The van der Waals surface area contributed by atoms with Crippen molar-refractivity contribution in [3.8, 4) is 5.75 Å². The second-order valence-corrected chi connectivity index (χ2v) is 3.80. The number of primary amides is 1. The number of hydrogen-bond acceptors (Lipinski definition) is 4. The molecular weight excluding hydrogens is 246 g/mol. The lowest BCUT2D eigenvalue weighted by atomic mass is 10.1. The number of carbonyl (C=O) groups excluding carboxylic acids is 2. The first-order chi connectivity index (χ1) is 9.13. The molecule has 0 unspecified atom stereocenters. The Morgan fingerprint density at radius 1 is 1.37 bits per heavy atom. The van der Waals surface area contributed by atoms with E-state index in [1.54, 1.807) is 37.3 Å². The summed E-state index contributed by atoms with van der Waals surface area (Å²) in [6.07, 6.45) is 4.83. The quantitative estimate of drug-likeness (QED) is 0.837. The minimum Gasteiger partial charge on any atom is -0.462 e. The van der Waals surface area contributed by atoms with Gasteiger partial charge in [0.15, 0.2) is 5.76 Å². The third-order valence-corrected chi connectivity index (χ3v) is 2.52. The Balaban J connectivity index is 2.47. The highest BCUT2D eigenvalue weighted by molar-refractivity contribution is 5.96. The molecule has 1 aliphatic rings. The predicted octanol–water partition coefficient (Wildman–Crippen LogP) is 1.64. The zero-order valence-electron chi connectivity index (χ0n) is 10.4. The highest BCUT2D eigenvalue weighted by Crippen LogP contribution is 2.29. The van der Waals surface area contributed by atoms with Crippen molar-refractivity contribution in [1.82, 2.24) is 0 Å². The lowest BCUT2D eigenvalue weighted by Crippen LogP contribution is -2.19. The van der Waals surface area contributed by atoms with Crippen LogP contribution in [-0.2, 0) is 9.53 Å². The summed E-state index contributed by atoms with van der Waals surface area (Å²) in [5, 5.41) is 0. The van der Waals surface area contributed by atoms with Crippen molar-refractivity contribution >= 4 is 18.0 Å². The molecule has 1 aromatic rings. The smallest absolute Gasteiger partial charge is 0.341 e. The topological polar surface area (TPSA) is 78.6 Å². The van der Waals surface area contributed by atoms with E-state index in [-0.39, 0.29) is 23.7 Å². The van der Waals surface area contributed by atoms with Crippen LogP contribution in [-0.4, -0.2) is 18.5 Å². The minimum absolute atomic E-state index is 0.0215. The number of rotatable bonds is 3. The maximum absolute atomic E-state index is 11.8. The third-order valence-electron chi connectivity index (χ3n) is 2.52. The SMILES string of the molecule is CCOC(=O)c1cccc2c1OC(C(N)=O)=CC=C2. The minimum atomic E-state index is -0.698. The maximum Gasteiger partial charge on any atom is 0.341 e. The first kappa shape index (κ1) is 12.9. The summed E-state index contributed by atoms with van der Waals surface area (Å²) in [5.74, 6) is -0.943. The lowest BCUT2D eigenvalue weighted by molar-refractivity contribution is -0.116. The van der Waals surface area contributed by atoms with Gasteiger partial charge in [-0.1, -0.05) is 24.3 Å². The van der Waals surface area contributed by atoms with Crippen molar-refractivity contribution in [2.45, 2.75) is 6.92 Å². The monoisotopic (exact) mass is 259 g/mol. The van der Waals surface area contributed by atoms with Gasteiger partial charge in [-0.05, 0) is 19.1 Å². The van der Waals surface area contributed by atoms with Crippen molar-refractivity contribution < 1.29 is 19.1 Å². The number of allylic oxidation sites excluding steroid dienone is 2. The Morgan fingerprint density at radius 2 is 2.16 bits per heavy atom. The zero-order chi connectivity index (χ0) is 13.8. The first-order valence-corrected chi connectivity index (χ1v) is 5.79. The molecule has 98 valence electrons. The molecule has 0 saturated heterocycles. The molecular formula is C14H13NO4. The van der Waals surface area contributed by atoms with Crippen LogP contribution in [0.5, 0.6) is 5.75 Å². The highest BCUT2D eigenvalue weighted by Gasteiger charge is 2.20. The predicted molar refractivity (Wildman–Crippen MR) is 69.3 cm³/mol. The van der Waals surface area contributed by atoms with Gasteiger partial charge in [0.25, 0.3) is 5.91 Å². The molecule has 1 aromatic carbocycles. The molecule has 0 radical (unpaired) electrons. The molecule has 2 rings (SSSR count). The number of benzene rings is 1. The molecule has 5 nitrogen and oxygen atoms in total. The van der Waals surface area contributed by atoms with Crippen LogP contribution in [0.15, 0.2) is 36.1 Å². The average Bonchev–Trinajstić information content (AvgIpc) is 2.60. The molecule has 0 saturated carbocycles. The summed E-state index contributed by atoms with van der Waals surface area (Å²) in [6.45, 7) is 1.98. The van der Waals surface area contributed by atoms with Crippen molar-refractivity contribution in [1.29, 1.82) is 0 Å². The van der Waals surface area contributed by atoms with Crippen LogP contribution in [0.3, 0.4) is 0 Å². The zero-order valence-corrected chi connectivity index (χ0v) is 10.4. The van der Waals surface area contributed by atoms with E-state index in [4.69, 9.17) is 15.2 Å². The van der Waals surface area contributed by atoms with Crippen molar-refractivity contribution in [3.05, 3.63) is 47.2 Å². The van der Waals surface area contributed by atoms with Crippen molar-refractivity contribution in [2.75, 3.05) is 6.61 Å². The Kier molecular flexibility index (Phi) is 3.66. The number of esters is 1. The van der Waals surface area contributed by atoms with Crippen molar-refractivity contribution in [3.63, 3.8) is 0 Å². The van der Waals surface area contributed by atoms with E-state index in [9.17, 15) is 9.59 Å². The molecule has 0 fully saturated rings. The highest BCUT2D eigenvalue weighted by atomic mass is 16.5. The Labute approximate surface area is 110 Å². The molecule has 1 aliphatic heterocycles.